The number of carbonyl (C=O) groups is 1. The van der Waals surface area contributed by atoms with Gasteiger partial charge >= 0.3 is 6.03 Å². The van der Waals surface area contributed by atoms with Crippen LogP contribution in [0.15, 0.2) is 0 Å². The molecule has 0 radical (unpaired) electrons. The van der Waals surface area contributed by atoms with Gasteiger partial charge in [-0.1, -0.05) is 12.8 Å². The number of hydrogen-bond donors (Lipinski definition) is 1. The number of carbonyl (C=O) groups excluding carboxylic acids is 1. The molecule has 3 aliphatic rings. The first-order chi connectivity index (χ1) is 7.79. The number of halogens is 1. The molecule has 17 heavy (non-hydrogen) atoms. The number of nitrogens with zero attached hydrogens (tertiary/aromatic N) is 2. The summed E-state index contributed by atoms with van der Waals surface area (Å²) >= 11 is 0. The summed E-state index contributed by atoms with van der Waals surface area (Å²) in [6, 6.07) is 1.68. The molecule has 2 heterocycles. The largest absolute Gasteiger partial charge is 0.321 e. The van der Waals surface area contributed by atoms with Crippen LogP contribution in [0.25, 0.3) is 0 Å². The zero-order valence-electron chi connectivity index (χ0n) is 10.4. The molecule has 0 aromatic carbocycles. The first-order valence-electron chi connectivity index (χ1n) is 6.55. The molecule has 98 valence electrons. The van der Waals surface area contributed by atoms with Crippen LogP contribution in [0.4, 0.5) is 4.79 Å². The summed E-state index contributed by atoms with van der Waals surface area (Å²) in [7, 11) is 1.96. The van der Waals surface area contributed by atoms with Crippen LogP contribution in [-0.4, -0.2) is 54.1 Å². The molecule has 0 aromatic heterocycles. The van der Waals surface area contributed by atoms with Crippen molar-refractivity contribution in [3.05, 3.63) is 0 Å². The Hall–Kier alpha value is -0.480. The highest BCUT2D eigenvalue weighted by atomic mass is 35.5. The van der Waals surface area contributed by atoms with Gasteiger partial charge < -0.3 is 15.1 Å². The van der Waals surface area contributed by atoms with Crippen molar-refractivity contribution >= 4 is 18.4 Å². The molecule has 0 aromatic rings. The van der Waals surface area contributed by atoms with E-state index < -0.39 is 0 Å². The van der Waals surface area contributed by atoms with Gasteiger partial charge in [0.1, 0.15) is 0 Å². The molecule has 4 nitrogen and oxygen atoms in total. The van der Waals surface area contributed by atoms with Crippen molar-refractivity contribution in [1.82, 2.24) is 15.1 Å². The lowest BCUT2D eigenvalue weighted by Crippen LogP contribution is -2.51. The number of likely N-dealkylation sites (N-methyl/N-ethyl adjacent to an activating group) is 1. The van der Waals surface area contributed by atoms with Gasteiger partial charge in [0.05, 0.1) is 12.1 Å². The van der Waals surface area contributed by atoms with Crippen molar-refractivity contribution in [1.29, 1.82) is 0 Å². The van der Waals surface area contributed by atoms with Gasteiger partial charge in [0.15, 0.2) is 0 Å². The second kappa shape index (κ2) is 5.02. The number of nitrogens with one attached hydrogen (secondary N) is 1. The molecule has 0 unspecified atom stereocenters. The number of piperidine rings is 1. The minimum atomic E-state index is 0. The second-order valence-electron chi connectivity index (χ2n) is 5.37. The van der Waals surface area contributed by atoms with E-state index in [1.807, 2.05) is 11.9 Å². The molecule has 0 spiro atoms. The Kier molecular flexibility index (Phi) is 3.83. The summed E-state index contributed by atoms with van der Waals surface area (Å²) in [4.78, 5) is 16.4. The van der Waals surface area contributed by atoms with Gasteiger partial charge in [0.25, 0.3) is 0 Å². The Morgan fingerprint density at radius 2 is 1.88 bits per heavy atom. The highest BCUT2D eigenvalue weighted by Gasteiger charge is 2.47. The smallest absolute Gasteiger partial charge is 0.320 e. The molecule has 3 fully saturated rings. The van der Waals surface area contributed by atoms with E-state index in [1.54, 1.807) is 0 Å². The van der Waals surface area contributed by atoms with Gasteiger partial charge in [-0.15, -0.1) is 12.4 Å². The maximum absolute atomic E-state index is 12.3. The van der Waals surface area contributed by atoms with Gasteiger partial charge in [-0.2, -0.15) is 0 Å². The van der Waals surface area contributed by atoms with E-state index in [0.29, 0.717) is 18.1 Å². The number of fused-ring (bicyclic) bond motifs is 1. The van der Waals surface area contributed by atoms with Gasteiger partial charge in [-0.3, -0.25) is 0 Å². The fourth-order valence-electron chi connectivity index (χ4n) is 3.62. The lowest BCUT2D eigenvalue weighted by atomic mass is 9.99. The maximum Gasteiger partial charge on any atom is 0.320 e. The van der Waals surface area contributed by atoms with Gasteiger partial charge in [-0.05, 0) is 25.8 Å². The normalized spacial score (nSPS) is 33.8. The summed E-state index contributed by atoms with van der Waals surface area (Å²) in [5.41, 5.74) is 0. The van der Waals surface area contributed by atoms with Crippen molar-refractivity contribution in [3.8, 4) is 0 Å². The number of amides is 2. The topological polar surface area (TPSA) is 35.6 Å². The van der Waals surface area contributed by atoms with Crippen molar-refractivity contribution in [2.45, 2.75) is 50.2 Å². The van der Waals surface area contributed by atoms with Crippen molar-refractivity contribution in [2.24, 2.45) is 0 Å². The van der Waals surface area contributed by atoms with E-state index in [1.165, 1.54) is 25.7 Å². The van der Waals surface area contributed by atoms with Gasteiger partial charge in [0.2, 0.25) is 0 Å². The van der Waals surface area contributed by atoms with E-state index in [4.69, 9.17) is 0 Å². The molecular formula is C12H22ClN3O. The van der Waals surface area contributed by atoms with E-state index >= 15 is 0 Å². The zero-order chi connectivity index (χ0) is 11.1. The van der Waals surface area contributed by atoms with Gasteiger partial charge in [-0.25, -0.2) is 4.79 Å². The third kappa shape index (κ3) is 2.02. The number of rotatable bonds is 1. The molecule has 1 aliphatic carbocycles. The van der Waals surface area contributed by atoms with Crippen molar-refractivity contribution in [3.63, 3.8) is 0 Å². The molecule has 1 N–H and O–H groups in total. The Morgan fingerprint density at radius 1 is 1.18 bits per heavy atom. The average Bonchev–Trinajstić information content (AvgIpc) is 2.89. The van der Waals surface area contributed by atoms with Crippen LogP contribution in [0.2, 0.25) is 0 Å². The minimum Gasteiger partial charge on any atom is -0.321 e. The molecular weight excluding hydrogens is 238 g/mol. The van der Waals surface area contributed by atoms with Crippen LogP contribution in [0.3, 0.4) is 0 Å². The summed E-state index contributed by atoms with van der Waals surface area (Å²) in [5.74, 6) is 0. The van der Waals surface area contributed by atoms with E-state index in [0.717, 1.165) is 19.5 Å². The fraction of sp³-hybridized carbons (Fsp3) is 0.917. The molecule has 2 aliphatic heterocycles. The monoisotopic (exact) mass is 259 g/mol. The van der Waals surface area contributed by atoms with Crippen molar-refractivity contribution < 1.29 is 4.79 Å². The van der Waals surface area contributed by atoms with Crippen LogP contribution in [-0.2, 0) is 0 Å². The van der Waals surface area contributed by atoms with Gasteiger partial charge in [0, 0.05) is 19.6 Å². The number of urea groups is 1. The predicted octanol–water partition coefficient (Wildman–Crippen LogP) is 1.45. The molecule has 1 saturated carbocycles. The molecule has 2 amide bonds. The quantitative estimate of drug-likeness (QED) is 0.774. The lowest BCUT2D eigenvalue weighted by molar-refractivity contribution is 0.160. The molecule has 2 saturated heterocycles. The lowest BCUT2D eigenvalue weighted by Gasteiger charge is -2.34. The summed E-state index contributed by atoms with van der Waals surface area (Å²) in [6.07, 6.45) is 6.16. The molecule has 2 atom stereocenters. The van der Waals surface area contributed by atoms with Crippen LogP contribution in [0.1, 0.15) is 32.1 Å². The SMILES string of the molecule is CN1C(=O)N(C2CCCC2)[C@H]2CCNC[C@H]21.Cl. The first kappa shape index (κ1) is 13.0. The second-order valence-corrected chi connectivity index (χ2v) is 5.37. The van der Waals surface area contributed by atoms with E-state index in [9.17, 15) is 4.79 Å². The predicted molar refractivity (Wildman–Crippen MR) is 69.6 cm³/mol. The Labute approximate surface area is 109 Å². The molecule has 3 rings (SSSR count). The fourth-order valence-corrected chi connectivity index (χ4v) is 3.62. The average molecular weight is 260 g/mol. The van der Waals surface area contributed by atoms with Crippen LogP contribution >= 0.6 is 12.4 Å². The first-order valence-corrected chi connectivity index (χ1v) is 6.55. The summed E-state index contributed by atoms with van der Waals surface area (Å²) in [6.45, 7) is 2.03. The number of hydrogen-bond acceptors (Lipinski definition) is 2. The third-order valence-corrected chi connectivity index (χ3v) is 4.51. The standard InChI is InChI=1S/C12H21N3O.ClH/c1-14-11-8-13-7-6-10(11)15(12(14)16)9-4-2-3-5-9;/h9-11,13H,2-8H2,1H3;1H/t10-,11+;/m0./s1. The Morgan fingerprint density at radius 3 is 2.59 bits per heavy atom. The molecule has 0 bridgehead atoms. The van der Waals surface area contributed by atoms with Crippen LogP contribution in [0, 0.1) is 0 Å². The van der Waals surface area contributed by atoms with Crippen molar-refractivity contribution in [2.75, 3.05) is 20.1 Å². The molecule has 5 heteroatoms. The third-order valence-electron chi connectivity index (χ3n) is 4.51. The highest BCUT2D eigenvalue weighted by molar-refractivity contribution is 5.85. The van der Waals surface area contributed by atoms with E-state index in [2.05, 4.69) is 10.2 Å². The van der Waals surface area contributed by atoms with Crippen LogP contribution < -0.4 is 5.32 Å². The zero-order valence-corrected chi connectivity index (χ0v) is 11.2. The minimum absolute atomic E-state index is 0. The summed E-state index contributed by atoms with van der Waals surface area (Å²) < 4.78 is 0. The Bertz CT molecular complexity index is 293. The Balaban J connectivity index is 0.00000108. The maximum atomic E-state index is 12.3. The van der Waals surface area contributed by atoms with E-state index in [-0.39, 0.29) is 18.4 Å². The summed E-state index contributed by atoms with van der Waals surface area (Å²) in [5, 5.41) is 3.40. The van der Waals surface area contributed by atoms with Crippen LogP contribution in [0.5, 0.6) is 0 Å². The highest BCUT2D eigenvalue weighted by Crippen LogP contribution is 2.33.